The van der Waals surface area contributed by atoms with E-state index in [4.69, 9.17) is 4.42 Å². The van der Waals surface area contributed by atoms with E-state index in [0.717, 1.165) is 27.8 Å². The SMILES string of the molecule is CC1(C)C(=O)Cc2cc3oc(-c4ccncc4)nc3cc21. The van der Waals surface area contributed by atoms with Crippen molar-refractivity contribution in [3.8, 4) is 11.5 Å². The van der Waals surface area contributed by atoms with E-state index < -0.39 is 5.41 Å². The maximum atomic E-state index is 12.1. The summed E-state index contributed by atoms with van der Waals surface area (Å²) in [5, 5.41) is 0. The number of carbonyl (C=O) groups excluding carboxylic acids is 1. The molecule has 0 amide bonds. The van der Waals surface area contributed by atoms with Crippen molar-refractivity contribution in [3.63, 3.8) is 0 Å². The molecular formula is C17H14N2O2. The molecule has 3 aromatic rings. The van der Waals surface area contributed by atoms with E-state index in [1.54, 1.807) is 12.4 Å². The molecule has 21 heavy (non-hydrogen) atoms. The van der Waals surface area contributed by atoms with Crippen LogP contribution in [0.15, 0.2) is 41.1 Å². The number of hydrogen-bond donors (Lipinski definition) is 0. The quantitative estimate of drug-likeness (QED) is 0.685. The van der Waals surface area contributed by atoms with Gasteiger partial charge in [-0.1, -0.05) is 0 Å². The largest absolute Gasteiger partial charge is 0.436 e. The number of carbonyl (C=O) groups is 1. The molecule has 4 rings (SSSR count). The molecular weight excluding hydrogens is 264 g/mol. The Morgan fingerprint density at radius 3 is 2.71 bits per heavy atom. The number of Topliss-reactive ketones (excluding diaryl/α,β-unsaturated/α-hetero) is 1. The molecule has 0 bridgehead atoms. The number of pyridine rings is 1. The fourth-order valence-electron chi connectivity index (χ4n) is 2.91. The molecule has 104 valence electrons. The fraction of sp³-hybridized carbons (Fsp3) is 0.235. The summed E-state index contributed by atoms with van der Waals surface area (Å²) in [5.41, 5.74) is 4.11. The summed E-state index contributed by atoms with van der Waals surface area (Å²) in [7, 11) is 0. The molecule has 2 aromatic heterocycles. The van der Waals surface area contributed by atoms with E-state index in [1.807, 2.05) is 38.1 Å². The summed E-state index contributed by atoms with van der Waals surface area (Å²) in [6.45, 7) is 3.94. The molecule has 0 aliphatic heterocycles. The topological polar surface area (TPSA) is 56.0 Å². The van der Waals surface area contributed by atoms with Gasteiger partial charge in [0.05, 0.1) is 0 Å². The first-order valence-electron chi connectivity index (χ1n) is 6.93. The highest BCUT2D eigenvalue weighted by Crippen LogP contribution is 2.38. The second-order valence-electron chi connectivity index (χ2n) is 5.96. The average Bonchev–Trinajstić information content (AvgIpc) is 2.98. The van der Waals surface area contributed by atoms with Crippen LogP contribution in [-0.2, 0) is 16.6 Å². The molecule has 1 aliphatic rings. The zero-order chi connectivity index (χ0) is 14.6. The zero-order valence-corrected chi connectivity index (χ0v) is 11.9. The first kappa shape index (κ1) is 12.3. The first-order valence-corrected chi connectivity index (χ1v) is 6.93. The van der Waals surface area contributed by atoms with Crippen LogP contribution in [0, 0.1) is 0 Å². The maximum Gasteiger partial charge on any atom is 0.227 e. The molecule has 0 spiro atoms. The minimum Gasteiger partial charge on any atom is -0.436 e. The van der Waals surface area contributed by atoms with Crippen LogP contribution >= 0.6 is 0 Å². The van der Waals surface area contributed by atoms with Crippen LogP contribution in [0.4, 0.5) is 0 Å². The number of rotatable bonds is 1. The number of oxazole rings is 1. The van der Waals surface area contributed by atoms with E-state index >= 15 is 0 Å². The van der Waals surface area contributed by atoms with Crippen LogP contribution in [0.25, 0.3) is 22.6 Å². The third-order valence-electron chi connectivity index (χ3n) is 4.26. The van der Waals surface area contributed by atoms with Crippen LogP contribution in [0.3, 0.4) is 0 Å². The van der Waals surface area contributed by atoms with Crippen LogP contribution in [-0.4, -0.2) is 15.8 Å². The monoisotopic (exact) mass is 278 g/mol. The van der Waals surface area contributed by atoms with Gasteiger partial charge in [-0.25, -0.2) is 4.98 Å². The second-order valence-corrected chi connectivity index (χ2v) is 5.96. The molecule has 1 aromatic carbocycles. The number of aromatic nitrogens is 2. The lowest BCUT2D eigenvalue weighted by Crippen LogP contribution is -2.23. The number of fused-ring (bicyclic) bond motifs is 2. The van der Waals surface area contributed by atoms with Crippen molar-refractivity contribution in [1.82, 2.24) is 9.97 Å². The summed E-state index contributed by atoms with van der Waals surface area (Å²) in [4.78, 5) is 20.6. The van der Waals surface area contributed by atoms with Gasteiger partial charge in [-0.15, -0.1) is 0 Å². The van der Waals surface area contributed by atoms with Gasteiger partial charge >= 0.3 is 0 Å². The Labute approximate surface area is 121 Å². The lowest BCUT2D eigenvalue weighted by molar-refractivity contribution is -0.121. The van der Waals surface area contributed by atoms with Gasteiger partial charge in [0.15, 0.2) is 5.58 Å². The van der Waals surface area contributed by atoms with E-state index in [1.165, 1.54) is 0 Å². The van der Waals surface area contributed by atoms with Crippen molar-refractivity contribution in [1.29, 1.82) is 0 Å². The number of hydrogen-bond acceptors (Lipinski definition) is 4. The third kappa shape index (κ3) is 1.72. The normalized spacial score (nSPS) is 16.4. The zero-order valence-electron chi connectivity index (χ0n) is 11.9. The van der Waals surface area contributed by atoms with Crippen molar-refractivity contribution in [2.75, 3.05) is 0 Å². The third-order valence-corrected chi connectivity index (χ3v) is 4.26. The molecule has 0 atom stereocenters. The Balaban J connectivity index is 1.90. The molecule has 0 saturated carbocycles. The number of benzene rings is 1. The summed E-state index contributed by atoms with van der Waals surface area (Å²) >= 11 is 0. The van der Waals surface area contributed by atoms with Gasteiger partial charge in [0.2, 0.25) is 5.89 Å². The molecule has 2 heterocycles. The summed E-state index contributed by atoms with van der Waals surface area (Å²) in [6.07, 6.45) is 3.90. The standard InChI is InChI=1S/C17H14N2O2/c1-17(2)12-9-13-14(7-11(12)8-15(17)20)21-16(19-13)10-3-5-18-6-4-10/h3-7,9H,8H2,1-2H3. The minimum absolute atomic E-state index is 0.250. The number of ketones is 1. The van der Waals surface area contributed by atoms with Gasteiger partial charge in [-0.05, 0) is 49.2 Å². The average molecular weight is 278 g/mol. The molecule has 0 radical (unpaired) electrons. The first-order chi connectivity index (χ1) is 10.1. The Morgan fingerprint density at radius 1 is 1.19 bits per heavy atom. The molecule has 0 fully saturated rings. The number of nitrogens with zero attached hydrogens (tertiary/aromatic N) is 2. The summed E-state index contributed by atoms with van der Waals surface area (Å²) < 4.78 is 5.83. The second kappa shape index (κ2) is 4.01. The minimum atomic E-state index is -0.431. The van der Waals surface area contributed by atoms with E-state index in [0.29, 0.717) is 12.3 Å². The highest BCUT2D eigenvalue weighted by molar-refractivity contribution is 5.98. The van der Waals surface area contributed by atoms with Crippen LogP contribution in [0.1, 0.15) is 25.0 Å². The molecule has 0 unspecified atom stereocenters. The Kier molecular flexibility index (Phi) is 2.34. The van der Waals surface area contributed by atoms with Crippen LogP contribution < -0.4 is 0 Å². The van der Waals surface area contributed by atoms with Gasteiger partial charge in [-0.3, -0.25) is 9.78 Å². The molecule has 4 heteroatoms. The fourth-order valence-corrected chi connectivity index (χ4v) is 2.91. The van der Waals surface area contributed by atoms with Crippen molar-refractivity contribution in [2.45, 2.75) is 25.7 Å². The lowest BCUT2D eigenvalue weighted by Gasteiger charge is -2.16. The highest BCUT2D eigenvalue weighted by Gasteiger charge is 2.38. The van der Waals surface area contributed by atoms with Gasteiger partial charge in [0.1, 0.15) is 11.3 Å². The van der Waals surface area contributed by atoms with E-state index in [-0.39, 0.29) is 5.78 Å². The summed E-state index contributed by atoms with van der Waals surface area (Å²) in [6, 6.07) is 7.68. The smallest absolute Gasteiger partial charge is 0.227 e. The molecule has 4 nitrogen and oxygen atoms in total. The molecule has 0 saturated heterocycles. The Bertz CT molecular complexity index is 863. The van der Waals surface area contributed by atoms with Crippen LogP contribution in [0.5, 0.6) is 0 Å². The Morgan fingerprint density at radius 2 is 1.95 bits per heavy atom. The van der Waals surface area contributed by atoms with E-state index in [2.05, 4.69) is 9.97 Å². The van der Waals surface area contributed by atoms with Crippen molar-refractivity contribution in [2.24, 2.45) is 0 Å². The van der Waals surface area contributed by atoms with E-state index in [9.17, 15) is 4.79 Å². The van der Waals surface area contributed by atoms with Gasteiger partial charge in [0, 0.05) is 29.8 Å². The van der Waals surface area contributed by atoms with Gasteiger partial charge in [0.25, 0.3) is 0 Å². The summed E-state index contributed by atoms with van der Waals surface area (Å²) in [5.74, 6) is 0.833. The van der Waals surface area contributed by atoms with Gasteiger partial charge in [-0.2, -0.15) is 0 Å². The van der Waals surface area contributed by atoms with Crippen molar-refractivity contribution < 1.29 is 9.21 Å². The molecule has 1 aliphatic carbocycles. The lowest BCUT2D eigenvalue weighted by atomic mass is 9.85. The van der Waals surface area contributed by atoms with Crippen LogP contribution in [0.2, 0.25) is 0 Å². The van der Waals surface area contributed by atoms with Gasteiger partial charge < -0.3 is 4.42 Å². The molecule has 0 N–H and O–H groups in total. The maximum absolute atomic E-state index is 12.1. The highest BCUT2D eigenvalue weighted by atomic mass is 16.3. The van der Waals surface area contributed by atoms with Crippen molar-refractivity contribution in [3.05, 3.63) is 47.8 Å². The predicted molar refractivity (Wildman–Crippen MR) is 79.0 cm³/mol. The van der Waals surface area contributed by atoms with Crippen molar-refractivity contribution >= 4 is 16.9 Å². The Hall–Kier alpha value is -2.49. The predicted octanol–water partition coefficient (Wildman–Crippen LogP) is 3.29.